The van der Waals surface area contributed by atoms with Crippen molar-refractivity contribution in [2.75, 3.05) is 41.7 Å². The average molecular weight is 384 g/mol. The van der Waals surface area contributed by atoms with Crippen molar-refractivity contribution in [3.8, 4) is 0 Å². The number of thiophene rings is 1. The number of hydrogen-bond acceptors (Lipinski definition) is 7. The van der Waals surface area contributed by atoms with Gasteiger partial charge in [-0.15, -0.1) is 11.3 Å². The molecule has 142 valence electrons. The number of anilines is 3. The second-order valence-electron chi connectivity index (χ2n) is 7.51. The predicted octanol–water partition coefficient (Wildman–Crippen LogP) is 2.52. The Balaban J connectivity index is 1.44. The summed E-state index contributed by atoms with van der Waals surface area (Å²) in [4.78, 5) is 16.7. The van der Waals surface area contributed by atoms with E-state index in [2.05, 4.69) is 19.9 Å². The van der Waals surface area contributed by atoms with E-state index in [1.807, 2.05) is 30.0 Å². The van der Waals surface area contributed by atoms with Crippen molar-refractivity contribution in [1.29, 1.82) is 0 Å². The van der Waals surface area contributed by atoms with E-state index in [0.29, 0.717) is 0 Å². The predicted molar refractivity (Wildman–Crippen MR) is 111 cm³/mol. The van der Waals surface area contributed by atoms with Crippen molar-refractivity contribution in [2.45, 2.75) is 32.6 Å². The van der Waals surface area contributed by atoms with Gasteiger partial charge in [0.05, 0.1) is 16.8 Å². The molecule has 5 rings (SSSR count). The first-order valence-corrected chi connectivity index (χ1v) is 10.5. The van der Waals surface area contributed by atoms with Gasteiger partial charge in [-0.1, -0.05) is 0 Å². The van der Waals surface area contributed by atoms with Gasteiger partial charge in [0.1, 0.15) is 17.0 Å². The SMILES string of the molecule is Cc1nn(C)c(N2CCN(c3ncnc4sc5c(c34)CCCC5)CC2)c1N. The fraction of sp³-hybridized carbons (Fsp3) is 0.526. The van der Waals surface area contributed by atoms with Crippen LogP contribution in [0, 0.1) is 6.92 Å². The standard InChI is InChI=1S/C19H25N7S/c1-12-16(20)19(24(2)23-12)26-9-7-25(8-10-26)17-15-13-5-3-4-6-14(13)27-18(15)22-11-21-17/h11H,3-10,20H2,1-2H3. The quantitative estimate of drug-likeness (QED) is 0.733. The first-order valence-electron chi connectivity index (χ1n) is 9.67. The van der Waals surface area contributed by atoms with Crippen LogP contribution in [0.5, 0.6) is 0 Å². The van der Waals surface area contributed by atoms with Crippen molar-refractivity contribution < 1.29 is 0 Å². The van der Waals surface area contributed by atoms with Crippen molar-refractivity contribution in [2.24, 2.45) is 7.05 Å². The molecule has 1 aliphatic carbocycles. The topological polar surface area (TPSA) is 76.1 Å². The van der Waals surface area contributed by atoms with Crippen LogP contribution in [-0.4, -0.2) is 45.9 Å². The maximum Gasteiger partial charge on any atom is 0.150 e. The van der Waals surface area contributed by atoms with E-state index in [0.717, 1.165) is 54.0 Å². The largest absolute Gasteiger partial charge is 0.394 e. The normalized spacial score (nSPS) is 17.6. The Bertz CT molecular complexity index is 997. The van der Waals surface area contributed by atoms with Crippen LogP contribution in [0.25, 0.3) is 10.2 Å². The van der Waals surface area contributed by atoms with Gasteiger partial charge < -0.3 is 15.5 Å². The van der Waals surface area contributed by atoms with Gasteiger partial charge in [-0.2, -0.15) is 5.10 Å². The third-order valence-corrected chi connectivity index (χ3v) is 7.05. The second-order valence-corrected chi connectivity index (χ2v) is 8.59. The molecule has 0 spiro atoms. The average Bonchev–Trinajstić information content (AvgIpc) is 3.18. The van der Waals surface area contributed by atoms with Gasteiger partial charge >= 0.3 is 0 Å². The highest BCUT2D eigenvalue weighted by molar-refractivity contribution is 7.19. The summed E-state index contributed by atoms with van der Waals surface area (Å²) in [5.74, 6) is 2.15. The molecule has 0 amide bonds. The molecule has 0 saturated carbocycles. The summed E-state index contributed by atoms with van der Waals surface area (Å²) in [5.41, 5.74) is 9.46. The zero-order chi connectivity index (χ0) is 18.5. The number of piperazine rings is 1. The van der Waals surface area contributed by atoms with Crippen LogP contribution in [0.3, 0.4) is 0 Å². The Morgan fingerprint density at radius 3 is 2.52 bits per heavy atom. The molecule has 0 unspecified atom stereocenters. The van der Waals surface area contributed by atoms with Crippen LogP contribution in [0.4, 0.5) is 17.3 Å². The molecule has 3 aromatic heterocycles. The van der Waals surface area contributed by atoms with Crippen LogP contribution in [0.1, 0.15) is 29.0 Å². The lowest BCUT2D eigenvalue weighted by atomic mass is 9.97. The number of aryl methyl sites for hydroxylation is 4. The monoisotopic (exact) mass is 383 g/mol. The highest BCUT2D eigenvalue weighted by Crippen LogP contribution is 2.39. The highest BCUT2D eigenvalue weighted by Gasteiger charge is 2.27. The molecule has 1 aliphatic heterocycles. The summed E-state index contributed by atoms with van der Waals surface area (Å²) in [6, 6.07) is 0. The van der Waals surface area contributed by atoms with E-state index >= 15 is 0 Å². The minimum atomic E-state index is 0.794. The number of rotatable bonds is 2. The Hall–Kier alpha value is -2.35. The summed E-state index contributed by atoms with van der Waals surface area (Å²) in [5, 5.41) is 5.77. The molecular weight excluding hydrogens is 358 g/mol. The van der Waals surface area contributed by atoms with Crippen molar-refractivity contribution in [3.63, 3.8) is 0 Å². The number of fused-ring (bicyclic) bond motifs is 3. The highest BCUT2D eigenvalue weighted by atomic mass is 32.1. The number of nitrogen functional groups attached to an aromatic ring is 1. The number of aromatic nitrogens is 4. The summed E-state index contributed by atoms with van der Waals surface area (Å²) < 4.78 is 1.90. The first kappa shape index (κ1) is 16.8. The molecule has 4 heterocycles. The van der Waals surface area contributed by atoms with Crippen LogP contribution >= 0.6 is 11.3 Å². The van der Waals surface area contributed by atoms with E-state index in [1.165, 1.54) is 41.5 Å². The van der Waals surface area contributed by atoms with Gasteiger partial charge in [0.25, 0.3) is 0 Å². The molecule has 27 heavy (non-hydrogen) atoms. The molecule has 8 heteroatoms. The van der Waals surface area contributed by atoms with Crippen LogP contribution < -0.4 is 15.5 Å². The van der Waals surface area contributed by atoms with E-state index in [1.54, 1.807) is 6.33 Å². The fourth-order valence-corrected chi connectivity index (χ4v) is 5.70. The Kier molecular flexibility index (Phi) is 3.96. The Labute approximate surface area is 162 Å². The maximum atomic E-state index is 6.26. The summed E-state index contributed by atoms with van der Waals surface area (Å²) in [7, 11) is 1.97. The van der Waals surface area contributed by atoms with Gasteiger partial charge in [0.15, 0.2) is 5.82 Å². The molecule has 0 radical (unpaired) electrons. The smallest absolute Gasteiger partial charge is 0.150 e. The third kappa shape index (κ3) is 2.65. The van der Waals surface area contributed by atoms with Crippen molar-refractivity contribution in [3.05, 3.63) is 22.5 Å². The molecule has 1 saturated heterocycles. The molecule has 7 nitrogen and oxygen atoms in total. The number of nitrogens with two attached hydrogens (primary N) is 1. The van der Waals surface area contributed by atoms with Gasteiger partial charge in [-0.05, 0) is 38.2 Å². The minimum absolute atomic E-state index is 0.794. The first-order chi connectivity index (χ1) is 13.1. The van der Waals surface area contributed by atoms with Gasteiger partial charge in [0.2, 0.25) is 0 Å². The minimum Gasteiger partial charge on any atom is -0.394 e. The number of nitrogens with zero attached hydrogens (tertiary/aromatic N) is 6. The van der Waals surface area contributed by atoms with Crippen molar-refractivity contribution in [1.82, 2.24) is 19.7 Å². The van der Waals surface area contributed by atoms with Crippen LogP contribution in [0.2, 0.25) is 0 Å². The van der Waals surface area contributed by atoms with E-state index in [-0.39, 0.29) is 0 Å². The summed E-state index contributed by atoms with van der Waals surface area (Å²) in [6.45, 7) is 5.66. The zero-order valence-electron chi connectivity index (χ0n) is 15.9. The summed E-state index contributed by atoms with van der Waals surface area (Å²) >= 11 is 1.87. The number of hydrogen-bond donors (Lipinski definition) is 1. The maximum absolute atomic E-state index is 6.26. The zero-order valence-corrected chi connectivity index (χ0v) is 16.7. The lowest BCUT2D eigenvalue weighted by Gasteiger charge is -2.37. The van der Waals surface area contributed by atoms with Crippen molar-refractivity contribution >= 4 is 38.9 Å². The van der Waals surface area contributed by atoms with E-state index in [4.69, 9.17) is 10.7 Å². The lowest BCUT2D eigenvalue weighted by Crippen LogP contribution is -2.47. The van der Waals surface area contributed by atoms with Crippen LogP contribution in [0.15, 0.2) is 6.33 Å². The molecule has 0 aromatic carbocycles. The molecule has 2 aliphatic rings. The van der Waals surface area contributed by atoms with E-state index < -0.39 is 0 Å². The molecule has 0 atom stereocenters. The molecule has 2 N–H and O–H groups in total. The molecule has 0 bridgehead atoms. The van der Waals surface area contributed by atoms with Gasteiger partial charge in [-0.25, -0.2) is 9.97 Å². The summed E-state index contributed by atoms with van der Waals surface area (Å²) in [6.07, 6.45) is 6.67. The molecule has 3 aromatic rings. The Morgan fingerprint density at radius 2 is 1.78 bits per heavy atom. The Morgan fingerprint density at radius 1 is 1.04 bits per heavy atom. The molecule has 1 fully saturated rings. The van der Waals surface area contributed by atoms with Gasteiger partial charge in [-0.3, -0.25) is 4.68 Å². The second kappa shape index (κ2) is 6.37. The van der Waals surface area contributed by atoms with E-state index in [9.17, 15) is 0 Å². The van der Waals surface area contributed by atoms with Crippen LogP contribution in [-0.2, 0) is 19.9 Å². The molecular formula is C19H25N7S. The lowest BCUT2D eigenvalue weighted by molar-refractivity contribution is 0.621. The fourth-order valence-electron chi connectivity index (χ4n) is 4.48. The third-order valence-electron chi connectivity index (χ3n) is 5.85. The van der Waals surface area contributed by atoms with Gasteiger partial charge in [0, 0.05) is 38.1 Å².